The molecule has 0 fully saturated rings. The van der Waals surface area contributed by atoms with Gasteiger partial charge in [-0.25, -0.2) is 4.98 Å². The van der Waals surface area contributed by atoms with Crippen LogP contribution in [0.15, 0.2) is 61.2 Å². The Balaban J connectivity index is 1.50. The van der Waals surface area contributed by atoms with Crippen molar-refractivity contribution in [3.05, 3.63) is 83.4 Å². The smallest absolute Gasteiger partial charge is 0.160 e. The van der Waals surface area contributed by atoms with Gasteiger partial charge in [-0.3, -0.25) is 0 Å². The van der Waals surface area contributed by atoms with E-state index in [9.17, 15) is 25.5 Å². The summed E-state index contributed by atoms with van der Waals surface area (Å²) >= 11 is 0. The summed E-state index contributed by atoms with van der Waals surface area (Å²) in [5, 5.41) is 51.6. The SMILES string of the molecule is COc1cc([C@H]2Oc3cc(OC(CO)CO)c4c(c3C[C@H]2O)[C@@H](CCn2ccnc2)Cc2cc(O)ccc2-4)ccc1O. The number of phenolic OH excluding ortho intramolecular Hbond substituents is 2. The number of ether oxygens (including phenoxy) is 3. The number of hydrogen-bond donors (Lipinski definition) is 5. The van der Waals surface area contributed by atoms with Crippen LogP contribution in [0.5, 0.6) is 28.7 Å². The van der Waals surface area contributed by atoms with Gasteiger partial charge in [0.2, 0.25) is 0 Å². The molecule has 0 bridgehead atoms. The molecule has 3 atom stereocenters. The van der Waals surface area contributed by atoms with Crippen LogP contribution >= 0.6 is 0 Å². The van der Waals surface area contributed by atoms with Crippen molar-refractivity contribution in [2.24, 2.45) is 0 Å². The van der Waals surface area contributed by atoms with Gasteiger partial charge in [-0.2, -0.15) is 0 Å². The lowest BCUT2D eigenvalue weighted by molar-refractivity contribution is 0.0194. The van der Waals surface area contributed by atoms with Gasteiger partial charge in [0.25, 0.3) is 0 Å². The van der Waals surface area contributed by atoms with Gasteiger partial charge in [0, 0.05) is 42.6 Å². The minimum absolute atomic E-state index is 0.0128. The number of methoxy groups -OCH3 is 1. The standard InChI is InChI=1S/C32H34N2O8/c1-40-28-12-19(2-5-25(28)38)32-26(39)13-24-27(42-32)14-29(41-22(15-35)16-36)31-23-4-3-21(37)11-20(23)10-18(30(24)31)6-8-34-9-7-33-17-34/h2-5,7,9,11-12,14,17-18,22,26,32,35-39H,6,8,10,13,15-16H2,1H3/t18-,26+,32+/m0/s1. The summed E-state index contributed by atoms with van der Waals surface area (Å²) in [6, 6.07) is 11.9. The van der Waals surface area contributed by atoms with Gasteiger partial charge in [0.15, 0.2) is 11.5 Å². The summed E-state index contributed by atoms with van der Waals surface area (Å²) < 4.78 is 20.0. The number of aryl methyl sites for hydroxylation is 1. The van der Waals surface area contributed by atoms with Crippen LogP contribution in [0.1, 0.15) is 40.7 Å². The molecule has 10 nitrogen and oxygen atoms in total. The largest absolute Gasteiger partial charge is 0.508 e. The fourth-order valence-electron chi connectivity index (χ4n) is 6.17. The number of benzene rings is 3. The number of imidazole rings is 1. The number of hydrogen-bond acceptors (Lipinski definition) is 9. The predicted molar refractivity (Wildman–Crippen MR) is 153 cm³/mol. The second-order valence-corrected chi connectivity index (χ2v) is 10.8. The molecule has 0 unspecified atom stereocenters. The van der Waals surface area contributed by atoms with E-state index in [0.29, 0.717) is 36.4 Å². The molecule has 4 aromatic rings. The zero-order chi connectivity index (χ0) is 29.4. The predicted octanol–water partition coefficient (Wildman–Crippen LogP) is 3.47. The first-order valence-corrected chi connectivity index (χ1v) is 14.0. The Kier molecular flexibility index (Phi) is 7.68. The first kappa shape index (κ1) is 27.9. The van der Waals surface area contributed by atoms with Crippen molar-refractivity contribution >= 4 is 0 Å². The fourth-order valence-corrected chi connectivity index (χ4v) is 6.17. The van der Waals surface area contributed by atoms with Gasteiger partial charge < -0.3 is 44.3 Å². The van der Waals surface area contributed by atoms with Gasteiger partial charge in [-0.15, -0.1) is 0 Å². The van der Waals surface area contributed by atoms with Crippen molar-refractivity contribution in [2.75, 3.05) is 20.3 Å². The van der Waals surface area contributed by atoms with Crippen LogP contribution in [0.25, 0.3) is 11.1 Å². The Morgan fingerprint density at radius 2 is 1.88 bits per heavy atom. The van der Waals surface area contributed by atoms with E-state index in [2.05, 4.69) is 4.98 Å². The van der Waals surface area contributed by atoms with Gasteiger partial charge in [-0.1, -0.05) is 12.1 Å². The summed E-state index contributed by atoms with van der Waals surface area (Å²) in [5.41, 5.74) is 5.14. The minimum Gasteiger partial charge on any atom is -0.508 e. The zero-order valence-corrected chi connectivity index (χ0v) is 23.2. The Hall–Kier alpha value is -4.25. The van der Waals surface area contributed by atoms with Crippen LogP contribution in [0.3, 0.4) is 0 Å². The Bertz CT molecular complexity index is 1570. The maximum Gasteiger partial charge on any atom is 0.160 e. The Morgan fingerprint density at radius 3 is 2.62 bits per heavy atom. The molecule has 2 aliphatic rings. The van der Waals surface area contributed by atoms with Crippen molar-refractivity contribution in [3.8, 4) is 39.9 Å². The number of aromatic nitrogens is 2. The highest BCUT2D eigenvalue weighted by molar-refractivity contribution is 5.83. The average Bonchev–Trinajstić information content (AvgIpc) is 3.52. The van der Waals surface area contributed by atoms with E-state index in [1.807, 2.05) is 16.8 Å². The zero-order valence-electron chi connectivity index (χ0n) is 23.2. The quantitative estimate of drug-likeness (QED) is 0.203. The Labute approximate surface area is 243 Å². The van der Waals surface area contributed by atoms with Crippen LogP contribution in [-0.4, -0.2) is 67.6 Å². The third-order valence-electron chi connectivity index (χ3n) is 8.18. The highest BCUT2D eigenvalue weighted by Crippen LogP contribution is 2.53. The van der Waals surface area contributed by atoms with E-state index >= 15 is 0 Å². The molecule has 0 saturated carbocycles. The van der Waals surface area contributed by atoms with E-state index in [-0.39, 0.29) is 36.4 Å². The molecule has 3 aromatic carbocycles. The van der Waals surface area contributed by atoms with Gasteiger partial charge in [-0.05, 0) is 65.3 Å². The third-order valence-corrected chi connectivity index (χ3v) is 8.18. The van der Waals surface area contributed by atoms with Crippen LogP contribution in [-0.2, 0) is 19.4 Å². The number of aliphatic hydroxyl groups is 3. The van der Waals surface area contributed by atoms with Crippen LogP contribution in [0.4, 0.5) is 0 Å². The molecule has 0 amide bonds. The first-order valence-electron chi connectivity index (χ1n) is 14.0. The normalized spacial score (nSPS) is 19.0. The summed E-state index contributed by atoms with van der Waals surface area (Å²) in [5.74, 6) is 1.39. The maximum absolute atomic E-state index is 11.4. The first-order chi connectivity index (χ1) is 20.4. The molecule has 1 aliphatic heterocycles. The molecule has 220 valence electrons. The number of aliphatic hydroxyl groups excluding tert-OH is 3. The highest BCUT2D eigenvalue weighted by atomic mass is 16.5. The molecule has 0 radical (unpaired) electrons. The van der Waals surface area contributed by atoms with Crippen molar-refractivity contribution in [2.45, 2.75) is 50.0 Å². The molecule has 5 N–H and O–H groups in total. The minimum atomic E-state index is -0.888. The second kappa shape index (κ2) is 11.6. The fraction of sp³-hybridized carbons (Fsp3) is 0.344. The van der Waals surface area contributed by atoms with Crippen molar-refractivity contribution < 1.29 is 39.7 Å². The summed E-state index contributed by atoms with van der Waals surface area (Å²) in [7, 11) is 1.46. The molecule has 10 heteroatoms. The summed E-state index contributed by atoms with van der Waals surface area (Å²) in [6.45, 7) is -0.0674. The molecular formula is C32H34N2O8. The molecule has 0 saturated heterocycles. The van der Waals surface area contributed by atoms with Crippen LogP contribution < -0.4 is 14.2 Å². The van der Waals surface area contributed by atoms with E-state index in [1.165, 1.54) is 13.2 Å². The van der Waals surface area contributed by atoms with Crippen molar-refractivity contribution in [1.82, 2.24) is 9.55 Å². The van der Waals surface area contributed by atoms with E-state index < -0.39 is 18.3 Å². The molecule has 1 aromatic heterocycles. The van der Waals surface area contributed by atoms with E-state index in [0.717, 1.165) is 34.2 Å². The molecule has 42 heavy (non-hydrogen) atoms. The number of rotatable bonds is 9. The van der Waals surface area contributed by atoms with E-state index in [4.69, 9.17) is 14.2 Å². The number of aromatic hydroxyl groups is 2. The third kappa shape index (κ3) is 5.13. The van der Waals surface area contributed by atoms with Gasteiger partial charge in [0.1, 0.15) is 29.5 Å². The number of phenols is 2. The molecular weight excluding hydrogens is 540 g/mol. The highest BCUT2D eigenvalue weighted by Gasteiger charge is 2.38. The summed E-state index contributed by atoms with van der Waals surface area (Å²) in [4.78, 5) is 4.16. The van der Waals surface area contributed by atoms with Crippen molar-refractivity contribution in [1.29, 1.82) is 0 Å². The maximum atomic E-state index is 11.4. The molecule has 2 heterocycles. The Morgan fingerprint density at radius 1 is 1.05 bits per heavy atom. The number of nitrogens with zero attached hydrogens (tertiary/aromatic N) is 2. The topological polar surface area (TPSA) is 147 Å². The van der Waals surface area contributed by atoms with Crippen LogP contribution in [0, 0.1) is 0 Å². The molecule has 6 rings (SSSR count). The van der Waals surface area contributed by atoms with Crippen LogP contribution in [0.2, 0.25) is 0 Å². The van der Waals surface area contributed by atoms with Gasteiger partial charge >= 0.3 is 0 Å². The van der Waals surface area contributed by atoms with Gasteiger partial charge in [0.05, 0.1) is 32.8 Å². The number of fused-ring (bicyclic) bond motifs is 5. The summed E-state index contributed by atoms with van der Waals surface area (Å²) in [6.07, 6.45) is 4.65. The molecule has 1 aliphatic carbocycles. The molecule has 0 spiro atoms. The van der Waals surface area contributed by atoms with Crippen molar-refractivity contribution in [3.63, 3.8) is 0 Å². The second-order valence-electron chi connectivity index (χ2n) is 10.8. The lowest BCUT2D eigenvalue weighted by Crippen LogP contribution is -2.32. The lowest BCUT2D eigenvalue weighted by Gasteiger charge is -2.38. The monoisotopic (exact) mass is 574 g/mol. The van der Waals surface area contributed by atoms with E-state index in [1.54, 1.807) is 42.9 Å². The lowest BCUT2D eigenvalue weighted by atomic mass is 9.73. The average molecular weight is 575 g/mol.